The van der Waals surface area contributed by atoms with Crippen molar-refractivity contribution in [3.05, 3.63) is 34.9 Å². The van der Waals surface area contributed by atoms with Gasteiger partial charge in [0.05, 0.1) is 18.2 Å². The Balaban J connectivity index is 3.22. The van der Waals surface area contributed by atoms with Crippen LogP contribution >= 0.6 is 0 Å². The van der Waals surface area contributed by atoms with Gasteiger partial charge in [0, 0.05) is 0 Å². The number of methoxy groups -OCH3 is 1. The molecule has 0 bridgehead atoms. The van der Waals surface area contributed by atoms with Crippen LogP contribution in [0.2, 0.25) is 0 Å². The molecular weight excluding hydrogens is 288 g/mol. The minimum Gasteiger partial charge on any atom is -0.478 e. The lowest BCUT2D eigenvalue weighted by atomic mass is 10.0. The fourth-order valence-electron chi connectivity index (χ4n) is 1.57. The largest absolute Gasteiger partial charge is 0.478 e. The summed E-state index contributed by atoms with van der Waals surface area (Å²) in [6, 6.07) is 0.860. The average Bonchev–Trinajstić information content (AvgIpc) is 2.39. The summed E-state index contributed by atoms with van der Waals surface area (Å²) < 4.78 is 30.7. The normalized spacial score (nSPS) is 10.9. The van der Waals surface area contributed by atoms with Gasteiger partial charge in [-0.3, -0.25) is 4.79 Å². The van der Waals surface area contributed by atoms with Crippen molar-refractivity contribution in [1.29, 1.82) is 0 Å². The molecule has 0 heterocycles. The van der Waals surface area contributed by atoms with Crippen molar-refractivity contribution in [3.63, 3.8) is 0 Å². The van der Waals surface area contributed by atoms with Gasteiger partial charge in [0.1, 0.15) is 5.54 Å². The zero-order valence-electron chi connectivity index (χ0n) is 11.5. The second-order valence-corrected chi connectivity index (χ2v) is 4.69. The number of carbonyl (C=O) groups is 3. The van der Waals surface area contributed by atoms with Crippen LogP contribution in [-0.2, 0) is 9.53 Å². The van der Waals surface area contributed by atoms with E-state index in [1.54, 1.807) is 0 Å². The molecule has 6 nitrogen and oxygen atoms in total. The van der Waals surface area contributed by atoms with Crippen LogP contribution in [0.4, 0.5) is 8.78 Å². The molecule has 0 aliphatic rings. The topological polar surface area (TPSA) is 92.7 Å². The number of carboxylic acid groups (broad SMARTS) is 1. The second-order valence-electron chi connectivity index (χ2n) is 4.69. The fourth-order valence-corrected chi connectivity index (χ4v) is 1.57. The number of hydrogen-bond acceptors (Lipinski definition) is 4. The molecule has 0 aliphatic heterocycles. The molecule has 0 saturated carbocycles. The number of aromatic carboxylic acids is 1. The summed E-state index contributed by atoms with van der Waals surface area (Å²) in [6.45, 7) is 2.63. The average molecular weight is 301 g/mol. The van der Waals surface area contributed by atoms with Crippen LogP contribution in [0.25, 0.3) is 0 Å². The molecule has 8 heteroatoms. The van der Waals surface area contributed by atoms with Gasteiger partial charge in [0.25, 0.3) is 5.91 Å². The highest BCUT2D eigenvalue weighted by Gasteiger charge is 2.32. The van der Waals surface area contributed by atoms with E-state index in [9.17, 15) is 23.2 Å². The van der Waals surface area contributed by atoms with Crippen molar-refractivity contribution < 1.29 is 33.0 Å². The van der Waals surface area contributed by atoms with Crippen LogP contribution in [0, 0.1) is 11.6 Å². The van der Waals surface area contributed by atoms with Gasteiger partial charge in [-0.05, 0) is 26.0 Å². The number of benzene rings is 1. The fraction of sp³-hybridized carbons (Fsp3) is 0.308. The predicted molar refractivity (Wildman–Crippen MR) is 66.9 cm³/mol. The molecule has 0 radical (unpaired) electrons. The Morgan fingerprint density at radius 3 is 2.05 bits per heavy atom. The molecule has 114 valence electrons. The Kier molecular flexibility index (Phi) is 4.62. The summed E-state index contributed by atoms with van der Waals surface area (Å²) in [5, 5.41) is 11.1. The Hall–Kier alpha value is -2.51. The van der Waals surface area contributed by atoms with E-state index in [0.717, 1.165) is 7.11 Å². The molecule has 1 rings (SSSR count). The maximum absolute atomic E-state index is 13.2. The minimum atomic E-state index is -1.60. The summed E-state index contributed by atoms with van der Waals surface area (Å²) >= 11 is 0. The third kappa shape index (κ3) is 3.53. The maximum Gasteiger partial charge on any atom is 0.336 e. The number of esters is 1. The Labute approximate surface area is 118 Å². The molecule has 0 atom stereocenters. The molecule has 0 saturated heterocycles. The van der Waals surface area contributed by atoms with E-state index >= 15 is 0 Å². The Bertz CT molecular complexity index is 613. The molecular formula is C13H13F2NO5. The molecule has 0 aliphatic carbocycles. The monoisotopic (exact) mass is 301 g/mol. The van der Waals surface area contributed by atoms with Crippen molar-refractivity contribution in [2.45, 2.75) is 19.4 Å². The smallest absolute Gasteiger partial charge is 0.336 e. The van der Waals surface area contributed by atoms with Crippen molar-refractivity contribution in [2.24, 2.45) is 0 Å². The van der Waals surface area contributed by atoms with Gasteiger partial charge < -0.3 is 15.2 Å². The molecule has 21 heavy (non-hydrogen) atoms. The summed E-state index contributed by atoms with van der Waals surface area (Å²) in [5.41, 5.74) is -2.78. The lowest BCUT2D eigenvalue weighted by molar-refractivity contribution is -0.146. The van der Waals surface area contributed by atoms with Crippen LogP contribution in [-0.4, -0.2) is 35.6 Å². The summed E-state index contributed by atoms with van der Waals surface area (Å²) in [5.74, 6) is -6.19. The predicted octanol–water partition coefficient (Wildman–Crippen LogP) is 1.34. The van der Waals surface area contributed by atoms with E-state index in [2.05, 4.69) is 10.1 Å². The van der Waals surface area contributed by atoms with E-state index < -0.39 is 46.1 Å². The van der Waals surface area contributed by atoms with Crippen LogP contribution in [0.3, 0.4) is 0 Å². The van der Waals surface area contributed by atoms with Crippen LogP contribution in [0.1, 0.15) is 34.6 Å². The minimum absolute atomic E-state index is 0.401. The first-order valence-corrected chi connectivity index (χ1v) is 5.73. The Morgan fingerprint density at radius 1 is 1.14 bits per heavy atom. The van der Waals surface area contributed by atoms with Gasteiger partial charge in [0.2, 0.25) is 0 Å². The summed E-state index contributed by atoms with van der Waals surface area (Å²) in [4.78, 5) is 34.4. The number of carboxylic acids is 1. The molecule has 2 N–H and O–H groups in total. The SMILES string of the molecule is COC(=O)C(C)(C)NC(=O)c1cc(F)c(F)cc1C(=O)O. The quantitative estimate of drug-likeness (QED) is 0.819. The van der Waals surface area contributed by atoms with Gasteiger partial charge in [-0.15, -0.1) is 0 Å². The first kappa shape index (κ1) is 16.5. The lowest BCUT2D eigenvalue weighted by Gasteiger charge is -2.23. The number of amides is 1. The van der Waals surface area contributed by atoms with Gasteiger partial charge in [-0.2, -0.15) is 0 Å². The number of ether oxygens (including phenoxy) is 1. The van der Waals surface area contributed by atoms with Crippen molar-refractivity contribution in [2.75, 3.05) is 7.11 Å². The van der Waals surface area contributed by atoms with E-state index in [1.165, 1.54) is 13.8 Å². The third-order valence-corrected chi connectivity index (χ3v) is 2.66. The second kappa shape index (κ2) is 5.86. The molecule has 0 spiro atoms. The molecule has 0 aromatic heterocycles. The van der Waals surface area contributed by atoms with Crippen molar-refractivity contribution in [3.8, 4) is 0 Å². The maximum atomic E-state index is 13.2. The van der Waals surface area contributed by atoms with Crippen LogP contribution in [0.15, 0.2) is 12.1 Å². The molecule has 0 fully saturated rings. The number of rotatable bonds is 4. The molecule has 1 amide bonds. The number of halogens is 2. The summed E-state index contributed by atoms with van der Waals surface area (Å²) in [7, 11) is 1.11. The first-order valence-electron chi connectivity index (χ1n) is 5.73. The molecule has 0 unspecified atom stereocenters. The highest BCUT2D eigenvalue weighted by atomic mass is 19.2. The molecule has 1 aromatic rings. The Morgan fingerprint density at radius 2 is 1.62 bits per heavy atom. The zero-order chi connectivity index (χ0) is 16.4. The van der Waals surface area contributed by atoms with Gasteiger partial charge in [-0.1, -0.05) is 0 Å². The van der Waals surface area contributed by atoms with E-state index in [0.29, 0.717) is 12.1 Å². The lowest BCUT2D eigenvalue weighted by Crippen LogP contribution is -2.50. The number of hydrogen-bond donors (Lipinski definition) is 2. The van der Waals surface area contributed by atoms with Crippen LogP contribution < -0.4 is 5.32 Å². The van der Waals surface area contributed by atoms with Gasteiger partial charge in [0.15, 0.2) is 11.6 Å². The first-order chi connectivity index (χ1) is 9.60. The number of carbonyl (C=O) groups excluding carboxylic acids is 2. The van der Waals surface area contributed by atoms with E-state index in [4.69, 9.17) is 5.11 Å². The standard InChI is InChI=1S/C13H13F2NO5/c1-13(2,12(20)21-3)16-10(17)6-4-8(14)9(15)5-7(6)11(18)19/h4-5H,1-3H3,(H,16,17)(H,18,19). The van der Waals surface area contributed by atoms with Gasteiger partial charge >= 0.3 is 11.9 Å². The third-order valence-electron chi connectivity index (χ3n) is 2.66. The number of nitrogens with one attached hydrogen (secondary N) is 1. The molecule has 1 aromatic carbocycles. The van der Waals surface area contributed by atoms with Crippen molar-refractivity contribution in [1.82, 2.24) is 5.32 Å². The summed E-state index contributed by atoms with van der Waals surface area (Å²) in [6.07, 6.45) is 0. The highest BCUT2D eigenvalue weighted by molar-refractivity contribution is 6.06. The highest BCUT2D eigenvalue weighted by Crippen LogP contribution is 2.17. The van der Waals surface area contributed by atoms with Gasteiger partial charge in [-0.25, -0.2) is 18.4 Å². The van der Waals surface area contributed by atoms with Crippen molar-refractivity contribution >= 4 is 17.8 Å². The zero-order valence-corrected chi connectivity index (χ0v) is 11.5. The van der Waals surface area contributed by atoms with E-state index in [-0.39, 0.29) is 0 Å². The van der Waals surface area contributed by atoms with Crippen LogP contribution in [0.5, 0.6) is 0 Å². The van der Waals surface area contributed by atoms with E-state index in [1.807, 2.05) is 0 Å².